The maximum atomic E-state index is 15.7. The molecule has 4 aliphatic heterocycles. The van der Waals surface area contributed by atoms with E-state index in [1.807, 2.05) is 11.0 Å². The number of rotatable bonds is 10. The number of hydrogen-bond acceptors (Lipinski definition) is 12. The van der Waals surface area contributed by atoms with E-state index >= 15 is 8.78 Å². The summed E-state index contributed by atoms with van der Waals surface area (Å²) in [5, 5.41) is 17.4. The monoisotopic (exact) mass is 871 g/mol. The first-order valence-electron chi connectivity index (χ1n) is 20.2. The van der Waals surface area contributed by atoms with Gasteiger partial charge in [-0.1, -0.05) is 6.92 Å². The minimum atomic E-state index is -4.03. The van der Waals surface area contributed by atoms with Crippen molar-refractivity contribution < 1.29 is 36.3 Å². The number of likely N-dealkylation sites (tertiary alicyclic amines) is 1. The molecule has 324 valence electrons. The lowest BCUT2D eigenvalue weighted by molar-refractivity contribution is -0.128. The Balaban J connectivity index is 0.843. The first-order chi connectivity index (χ1) is 29.7. The summed E-state index contributed by atoms with van der Waals surface area (Å²) in [6.45, 7) is 4.91. The molecule has 0 bridgehead atoms. The van der Waals surface area contributed by atoms with Crippen LogP contribution >= 0.6 is 0 Å². The van der Waals surface area contributed by atoms with Crippen LogP contribution in [0.15, 0.2) is 53.6 Å². The van der Waals surface area contributed by atoms with Gasteiger partial charge in [-0.05, 0) is 55.3 Å². The third-order valence-corrected chi connectivity index (χ3v) is 13.9. The molecule has 3 amide bonds. The number of benzene rings is 3. The van der Waals surface area contributed by atoms with Gasteiger partial charge in [-0.25, -0.2) is 18.6 Å². The molecule has 6 heterocycles. The van der Waals surface area contributed by atoms with Gasteiger partial charge >= 0.3 is 16.2 Å². The van der Waals surface area contributed by atoms with E-state index in [1.165, 1.54) is 36.5 Å². The third kappa shape index (κ3) is 7.25. The van der Waals surface area contributed by atoms with Crippen LogP contribution in [0, 0.1) is 23.0 Å². The highest BCUT2D eigenvalue weighted by Crippen LogP contribution is 2.43. The number of carbonyl (C=O) groups excluding carboxylic acids is 2. The summed E-state index contributed by atoms with van der Waals surface area (Å²) in [7, 11) is -0.929. The number of piperidine rings is 1. The average Bonchev–Trinajstić information content (AvgIpc) is 3.82. The number of nitriles is 1. The van der Waals surface area contributed by atoms with Crippen LogP contribution in [0.5, 0.6) is 11.5 Å². The van der Waals surface area contributed by atoms with Gasteiger partial charge in [-0.2, -0.15) is 23.1 Å². The zero-order valence-corrected chi connectivity index (χ0v) is 34.9. The summed E-state index contributed by atoms with van der Waals surface area (Å²) < 4.78 is 74.9. The van der Waals surface area contributed by atoms with Crippen molar-refractivity contribution in [3.05, 3.63) is 76.3 Å². The van der Waals surface area contributed by atoms with Crippen molar-refractivity contribution in [1.29, 1.82) is 5.26 Å². The number of ether oxygens (including phenoxy) is 2. The van der Waals surface area contributed by atoms with E-state index in [1.54, 1.807) is 35.4 Å². The van der Waals surface area contributed by atoms with E-state index in [0.717, 1.165) is 29.3 Å². The largest absolute Gasteiger partial charge is 0.453 e. The van der Waals surface area contributed by atoms with Crippen molar-refractivity contribution in [2.45, 2.75) is 50.3 Å². The zero-order valence-electron chi connectivity index (χ0n) is 34.1. The van der Waals surface area contributed by atoms with Crippen LogP contribution in [0.1, 0.15) is 44.2 Å². The fourth-order valence-electron chi connectivity index (χ4n) is 8.90. The van der Waals surface area contributed by atoms with Gasteiger partial charge in [0.1, 0.15) is 23.2 Å². The lowest BCUT2D eigenvalue weighted by Gasteiger charge is -2.52. The quantitative estimate of drug-likeness (QED) is 0.205. The van der Waals surface area contributed by atoms with Crippen molar-refractivity contribution in [3.8, 4) is 17.6 Å². The lowest BCUT2D eigenvalue weighted by atomic mass is 9.86. The Hall–Kier alpha value is -6.21. The SMILES string of the molecule is CCN(C)S(=O)(=O)Nc1ccc(F)c(Oc2ccc3ncn([C@H]4COC5(C4)CN(C4CCN(c6cc7c(cc6F)c(N6CCC(=O)NC6=O)nn7C)CC4)C5)c(=O)c3c2)c1C#N. The fraction of sp³-hybridized carbons (Fsp3) is 0.415. The number of urea groups is 1. The number of imide groups is 1. The van der Waals surface area contributed by atoms with Crippen LogP contribution < -0.4 is 30.1 Å². The van der Waals surface area contributed by atoms with Gasteiger partial charge < -0.3 is 14.4 Å². The second-order valence-electron chi connectivity index (χ2n) is 16.2. The number of aryl methyl sites for hydroxylation is 1. The van der Waals surface area contributed by atoms with E-state index in [4.69, 9.17) is 9.47 Å². The Morgan fingerprint density at radius 3 is 2.55 bits per heavy atom. The van der Waals surface area contributed by atoms with Crippen molar-refractivity contribution in [3.63, 3.8) is 0 Å². The summed E-state index contributed by atoms with van der Waals surface area (Å²) in [4.78, 5) is 48.4. The molecule has 62 heavy (non-hydrogen) atoms. The van der Waals surface area contributed by atoms with Gasteiger partial charge in [-0.15, -0.1) is 0 Å². The normalized spacial score (nSPS) is 19.7. The predicted molar refractivity (Wildman–Crippen MR) is 223 cm³/mol. The second-order valence-corrected chi connectivity index (χ2v) is 17.9. The summed E-state index contributed by atoms with van der Waals surface area (Å²) in [6.07, 6.45) is 3.84. The van der Waals surface area contributed by atoms with Crippen molar-refractivity contribution in [2.24, 2.45) is 7.05 Å². The topological polar surface area (TPSA) is 200 Å². The number of hydrogen-bond donors (Lipinski definition) is 2. The molecule has 3 aromatic carbocycles. The fourth-order valence-corrected chi connectivity index (χ4v) is 9.84. The molecule has 5 aromatic rings. The van der Waals surface area contributed by atoms with Gasteiger partial charge in [0.15, 0.2) is 17.4 Å². The van der Waals surface area contributed by atoms with Crippen LogP contribution in [0.2, 0.25) is 0 Å². The van der Waals surface area contributed by atoms with E-state index in [9.17, 15) is 28.1 Å². The van der Waals surface area contributed by atoms with E-state index in [2.05, 4.69) is 25.0 Å². The molecule has 4 saturated heterocycles. The van der Waals surface area contributed by atoms with Gasteiger partial charge in [-0.3, -0.25) is 38.7 Å². The predicted octanol–water partition coefficient (Wildman–Crippen LogP) is 3.96. The summed E-state index contributed by atoms with van der Waals surface area (Å²) in [5.41, 5.74) is 0.210. The van der Waals surface area contributed by atoms with Gasteiger partial charge in [0, 0.05) is 77.6 Å². The summed E-state index contributed by atoms with van der Waals surface area (Å²) in [5.74, 6) is -1.82. The van der Waals surface area contributed by atoms with Crippen LogP contribution in [0.3, 0.4) is 0 Å². The van der Waals surface area contributed by atoms with Crippen molar-refractivity contribution in [1.82, 2.24) is 33.9 Å². The Morgan fingerprint density at radius 1 is 1.05 bits per heavy atom. The van der Waals surface area contributed by atoms with Gasteiger partial charge in [0.25, 0.3) is 5.56 Å². The number of fused-ring (bicyclic) bond motifs is 2. The third-order valence-electron chi connectivity index (χ3n) is 12.4. The summed E-state index contributed by atoms with van der Waals surface area (Å²) >= 11 is 0. The first kappa shape index (κ1) is 41.2. The van der Waals surface area contributed by atoms with Crippen molar-refractivity contribution >= 4 is 61.1 Å². The molecule has 9 rings (SSSR count). The number of nitrogens with one attached hydrogen (secondary N) is 2. The molecular formula is C41H43F2N11O7S. The molecule has 21 heteroatoms. The Labute approximate surface area is 354 Å². The first-order valence-corrected chi connectivity index (χ1v) is 21.7. The second kappa shape index (κ2) is 15.6. The molecular weight excluding hydrogens is 829 g/mol. The highest BCUT2D eigenvalue weighted by atomic mass is 32.2. The molecule has 18 nitrogen and oxygen atoms in total. The standard InChI is InChI=1S/C41H43F2N11O7S/c1-4-49(2)62(58,59)48-33-8-6-30(42)37(29(33)19-44)61-26-5-7-32-27(15-26)39(56)54(23-45-32)25-18-41(60-20-25)21-52(22-41)24-9-12-51(13-10-24)35-17-34-28(16-31(35)43)38(47-50(34)3)53-14-11-36(55)46-40(53)57/h5-8,15-17,23-25,48H,4,9-14,18,20-22H2,1-3H3,(H,46,55,57)/t25-/m1/s1. The number of anilines is 3. The molecule has 0 saturated carbocycles. The highest BCUT2D eigenvalue weighted by molar-refractivity contribution is 7.90. The Morgan fingerprint density at radius 2 is 1.82 bits per heavy atom. The minimum absolute atomic E-state index is 0.0486. The average molecular weight is 872 g/mol. The Kier molecular flexibility index (Phi) is 10.4. The van der Waals surface area contributed by atoms with Crippen LogP contribution in [0.25, 0.3) is 21.8 Å². The molecule has 0 radical (unpaired) electrons. The van der Waals surface area contributed by atoms with Crippen LogP contribution in [0.4, 0.5) is 30.8 Å². The molecule has 4 fully saturated rings. The molecule has 1 atom stereocenters. The molecule has 4 aliphatic rings. The molecule has 0 aliphatic carbocycles. The highest BCUT2D eigenvalue weighted by Gasteiger charge is 2.52. The maximum Gasteiger partial charge on any atom is 0.329 e. The van der Waals surface area contributed by atoms with E-state index in [0.29, 0.717) is 67.1 Å². The number of amides is 3. The Bertz CT molecular complexity index is 2870. The molecule has 2 N–H and O–H groups in total. The number of aromatic nitrogens is 4. The molecule has 2 aromatic heterocycles. The van der Waals surface area contributed by atoms with Crippen LogP contribution in [-0.4, -0.2) is 113 Å². The zero-order chi connectivity index (χ0) is 43.7. The van der Waals surface area contributed by atoms with Crippen molar-refractivity contribution in [2.75, 3.05) is 67.4 Å². The molecule has 1 spiro atoms. The number of nitrogens with zero attached hydrogens (tertiary/aromatic N) is 9. The smallest absolute Gasteiger partial charge is 0.329 e. The van der Waals surface area contributed by atoms with Gasteiger partial charge in [0.05, 0.1) is 52.4 Å². The molecule has 0 unspecified atom stereocenters. The van der Waals surface area contributed by atoms with Gasteiger partial charge in [0.2, 0.25) is 5.91 Å². The van der Waals surface area contributed by atoms with E-state index < -0.39 is 39.2 Å². The van der Waals surface area contributed by atoms with E-state index in [-0.39, 0.29) is 65.4 Å². The maximum absolute atomic E-state index is 15.7. The van der Waals surface area contributed by atoms with Crippen LogP contribution in [-0.2, 0) is 26.8 Å². The lowest BCUT2D eigenvalue weighted by Crippen LogP contribution is -2.65. The minimum Gasteiger partial charge on any atom is -0.453 e. The number of carbonyl (C=O) groups is 2. The number of halogens is 2. The summed E-state index contributed by atoms with van der Waals surface area (Å²) in [6, 6.07) is 11.0.